The van der Waals surface area contributed by atoms with Crippen LogP contribution in [0.3, 0.4) is 0 Å². The van der Waals surface area contributed by atoms with Gasteiger partial charge in [-0.15, -0.1) is 0 Å². The van der Waals surface area contributed by atoms with Crippen molar-refractivity contribution < 1.29 is 19.2 Å². The number of likely N-dealkylation sites (tertiary alicyclic amines) is 1. The summed E-state index contributed by atoms with van der Waals surface area (Å²) >= 11 is 1.53. The fourth-order valence-electron chi connectivity index (χ4n) is 4.59. The fourth-order valence-corrected chi connectivity index (χ4v) is 5.41. The number of methoxy groups -OCH3 is 1. The minimum absolute atomic E-state index is 0.0761. The molecule has 0 unspecified atom stereocenters. The van der Waals surface area contributed by atoms with E-state index in [-0.39, 0.29) is 11.6 Å². The van der Waals surface area contributed by atoms with Gasteiger partial charge in [-0.3, -0.25) is 19.9 Å². The molecule has 1 saturated heterocycles. The van der Waals surface area contributed by atoms with Gasteiger partial charge in [0.1, 0.15) is 6.61 Å². The van der Waals surface area contributed by atoms with Gasteiger partial charge >= 0.3 is 0 Å². The Balaban J connectivity index is 1.16. The number of carbonyl (C=O) groups is 1. The average molecular weight is 582 g/mol. The first-order valence-electron chi connectivity index (χ1n) is 13.7. The molecule has 0 saturated carbocycles. The zero-order valence-corrected chi connectivity index (χ0v) is 24.1. The van der Waals surface area contributed by atoms with Crippen LogP contribution in [-0.2, 0) is 6.61 Å². The first kappa shape index (κ1) is 28.9. The van der Waals surface area contributed by atoms with Gasteiger partial charge in [-0.25, -0.2) is 0 Å². The summed E-state index contributed by atoms with van der Waals surface area (Å²) in [6.07, 6.45) is 5.11. The van der Waals surface area contributed by atoms with Crippen LogP contribution in [0.25, 0.3) is 0 Å². The molecule has 1 aliphatic rings. The monoisotopic (exact) mass is 581 g/mol. The molecular formula is C33H31N3O5S. The normalized spacial score (nSPS) is 13.2. The topological polar surface area (TPSA) is 94.3 Å². The minimum Gasteiger partial charge on any atom is -0.493 e. The molecule has 5 rings (SSSR count). The molecule has 0 aromatic heterocycles. The van der Waals surface area contributed by atoms with Gasteiger partial charge in [0.05, 0.1) is 17.7 Å². The molecule has 4 aromatic carbocycles. The number of benzene rings is 4. The highest BCUT2D eigenvalue weighted by molar-refractivity contribution is 7.99. The molecule has 0 atom stereocenters. The van der Waals surface area contributed by atoms with E-state index >= 15 is 0 Å². The third-order valence-corrected chi connectivity index (χ3v) is 7.92. The Bertz CT molecular complexity index is 1550. The molecule has 0 bridgehead atoms. The Morgan fingerprint density at radius 2 is 1.57 bits per heavy atom. The lowest BCUT2D eigenvalue weighted by Crippen LogP contribution is -2.35. The second-order valence-electron chi connectivity index (χ2n) is 9.85. The van der Waals surface area contributed by atoms with Crippen molar-refractivity contribution in [2.45, 2.75) is 35.7 Å². The van der Waals surface area contributed by atoms with Gasteiger partial charge in [-0.1, -0.05) is 23.9 Å². The van der Waals surface area contributed by atoms with Crippen molar-refractivity contribution >= 4 is 35.3 Å². The number of nitrogens with zero attached hydrogens (tertiary/aromatic N) is 3. The summed E-state index contributed by atoms with van der Waals surface area (Å²) in [5, 5.41) is 10.8. The number of ether oxygens (including phenoxy) is 2. The molecular weight excluding hydrogens is 550 g/mol. The Hall–Kier alpha value is -4.63. The average Bonchev–Trinajstić information content (AvgIpc) is 3.04. The predicted molar refractivity (Wildman–Crippen MR) is 164 cm³/mol. The fraction of sp³-hybridized carbons (Fsp3) is 0.212. The molecule has 42 heavy (non-hydrogen) atoms. The summed E-state index contributed by atoms with van der Waals surface area (Å²) in [7, 11) is 1.60. The van der Waals surface area contributed by atoms with E-state index in [0.717, 1.165) is 52.5 Å². The maximum atomic E-state index is 12.7. The van der Waals surface area contributed by atoms with Crippen LogP contribution in [0.1, 0.15) is 40.7 Å². The molecule has 214 valence electrons. The van der Waals surface area contributed by atoms with Crippen LogP contribution in [0.15, 0.2) is 106 Å². The van der Waals surface area contributed by atoms with Gasteiger partial charge in [-0.05, 0) is 97.1 Å². The minimum atomic E-state index is -0.404. The number of hydrogen-bond acceptors (Lipinski definition) is 7. The molecule has 1 fully saturated rings. The Morgan fingerprint density at radius 3 is 2.21 bits per heavy atom. The lowest BCUT2D eigenvalue weighted by Gasteiger charge is -2.26. The van der Waals surface area contributed by atoms with E-state index in [1.165, 1.54) is 30.3 Å². The molecule has 8 nitrogen and oxygen atoms in total. The lowest BCUT2D eigenvalue weighted by atomic mass is 10.1. The van der Waals surface area contributed by atoms with Crippen LogP contribution in [0, 0.1) is 10.1 Å². The van der Waals surface area contributed by atoms with Crippen molar-refractivity contribution in [2.75, 3.05) is 20.2 Å². The van der Waals surface area contributed by atoms with Gasteiger partial charge in [0.2, 0.25) is 0 Å². The number of aliphatic imine (C=N–C) groups is 1. The SMILES string of the molecule is COc1cc(C=Nc2ccc(Sc3ccc([N+](=O)[O-])cc3)cc2)ccc1OCc1ccc(C(=O)N2CCCCC2)cc1. The van der Waals surface area contributed by atoms with Crippen LogP contribution in [0.4, 0.5) is 11.4 Å². The third kappa shape index (κ3) is 7.55. The molecule has 0 radical (unpaired) electrons. The van der Waals surface area contributed by atoms with E-state index in [2.05, 4.69) is 4.99 Å². The van der Waals surface area contributed by atoms with E-state index in [4.69, 9.17) is 9.47 Å². The molecule has 4 aromatic rings. The molecule has 0 spiro atoms. The van der Waals surface area contributed by atoms with E-state index < -0.39 is 4.92 Å². The number of hydrogen-bond donors (Lipinski definition) is 0. The number of rotatable bonds is 10. The zero-order valence-electron chi connectivity index (χ0n) is 23.3. The quantitative estimate of drug-likeness (QED) is 0.108. The summed E-state index contributed by atoms with van der Waals surface area (Å²) in [6.45, 7) is 2.02. The van der Waals surface area contributed by atoms with Gasteiger partial charge in [-0.2, -0.15) is 0 Å². The summed E-state index contributed by atoms with van der Waals surface area (Å²) in [5.41, 5.74) is 3.41. The van der Waals surface area contributed by atoms with E-state index in [1.54, 1.807) is 25.5 Å². The van der Waals surface area contributed by atoms with Crippen LogP contribution in [0.5, 0.6) is 11.5 Å². The standard InChI is InChI=1S/C33H31N3O5S/c1-40-32-21-25(22-34-27-10-14-29(15-11-27)42-30-16-12-28(13-17-30)36(38)39)7-18-31(32)41-23-24-5-8-26(9-6-24)33(37)35-19-3-2-4-20-35/h5-18,21-22H,2-4,19-20,23H2,1H3. The summed E-state index contributed by atoms with van der Waals surface area (Å²) in [4.78, 5) is 31.6. The van der Waals surface area contributed by atoms with Crippen molar-refractivity contribution in [1.29, 1.82) is 0 Å². The van der Waals surface area contributed by atoms with Crippen molar-refractivity contribution in [2.24, 2.45) is 4.99 Å². The maximum Gasteiger partial charge on any atom is 0.269 e. The Labute approximate surface area is 249 Å². The van der Waals surface area contributed by atoms with Gasteiger partial charge in [0.25, 0.3) is 11.6 Å². The van der Waals surface area contributed by atoms with Gasteiger partial charge in [0, 0.05) is 46.8 Å². The summed E-state index contributed by atoms with van der Waals surface area (Å²) in [6, 6.07) is 27.5. The number of amides is 1. The van der Waals surface area contributed by atoms with Crippen LogP contribution in [0.2, 0.25) is 0 Å². The molecule has 1 heterocycles. The number of non-ortho nitro benzene ring substituents is 1. The van der Waals surface area contributed by atoms with Crippen molar-refractivity contribution in [1.82, 2.24) is 4.90 Å². The second-order valence-corrected chi connectivity index (χ2v) is 11.0. The largest absolute Gasteiger partial charge is 0.493 e. The van der Waals surface area contributed by atoms with E-state index in [1.807, 2.05) is 71.6 Å². The molecule has 1 amide bonds. The first-order valence-corrected chi connectivity index (χ1v) is 14.6. The smallest absolute Gasteiger partial charge is 0.269 e. The van der Waals surface area contributed by atoms with E-state index in [9.17, 15) is 14.9 Å². The second kappa shape index (κ2) is 13.8. The van der Waals surface area contributed by atoms with Crippen LogP contribution < -0.4 is 9.47 Å². The number of piperidine rings is 1. The molecule has 0 aliphatic carbocycles. The highest BCUT2D eigenvalue weighted by Crippen LogP contribution is 2.31. The lowest BCUT2D eigenvalue weighted by molar-refractivity contribution is -0.384. The summed E-state index contributed by atoms with van der Waals surface area (Å²) in [5.74, 6) is 1.32. The highest BCUT2D eigenvalue weighted by atomic mass is 32.2. The number of carbonyl (C=O) groups excluding carboxylic acids is 1. The third-order valence-electron chi connectivity index (χ3n) is 6.91. The van der Waals surface area contributed by atoms with Gasteiger partial charge in [0.15, 0.2) is 11.5 Å². The summed E-state index contributed by atoms with van der Waals surface area (Å²) < 4.78 is 11.6. The Kier molecular flexibility index (Phi) is 9.51. The number of nitro benzene ring substituents is 1. The van der Waals surface area contributed by atoms with Crippen molar-refractivity contribution in [3.63, 3.8) is 0 Å². The highest BCUT2D eigenvalue weighted by Gasteiger charge is 2.18. The Morgan fingerprint density at radius 1 is 0.905 bits per heavy atom. The van der Waals surface area contributed by atoms with E-state index in [0.29, 0.717) is 23.7 Å². The van der Waals surface area contributed by atoms with Crippen molar-refractivity contribution in [3.8, 4) is 11.5 Å². The molecule has 0 N–H and O–H groups in total. The molecule has 1 aliphatic heterocycles. The predicted octanol–water partition coefficient (Wildman–Crippen LogP) is 7.71. The maximum absolute atomic E-state index is 12.7. The zero-order chi connectivity index (χ0) is 29.3. The molecule has 9 heteroatoms. The van der Waals surface area contributed by atoms with Crippen LogP contribution in [-0.4, -0.2) is 42.1 Å². The van der Waals surface area contributed by atoms with Crippen LogP contribution >= 0.6 is 11.8 Å². The van der Waals surface area contributed by atoms with Gasteiger partial charge < -0.3 is 14.4 Å². The number of nitro groups is 1. The first-order chi connectivity index (χ1) is 20.5. The van der Waals surface area contributed by atoms with Crippen molar-refractivity contribution in [3.05, 3.63) is 118 Å².